The number of nitrogens with one attached hydrogen (secondary N) is 1. The number of nitrogen functional groups attached to an aromatic ring is 1. The molecule has 0 aliphatic carbocycles. The Kier molecular flexibility index (Phi) is 3.39. The van der Waals surface area contributed by atoms with Crippen LogP contribution >= 0.6 is 15.9 Å². The Morgan fingerprint density at radius 2 is 2.14 bits per heavy atom. The van der Waals surface area contributed by atoms with Crippen LogP contribution in [0.5, 0.6) is 5.75 Å². The molecular weight excluding hydrogens is 334 g/mol. The van der Waals surface area contributed by atoms with E-state index < -0.39 is 0 Å². The zero-order valence-electron chi connectivity index (χ0n) is 11.2. The third kappa shape index (κ3) is 2.38. The van der Waals surface area contributed by atoms with Crippen LogP contribution in [-0.2, 0) is 0 Å². The van der Waals surface area contributed by atoms with Crippen LogP contribution in [0, 0.1) is 0 Å². The molecule has 0 aliphatic rings. The van der Waals surface area contributed by atoms with E-state index in [1.54, 1.807) is 37.7 Å². The lowest BCUT2D eigenvalue weighted by Gasteiger charge is -2.07. The summed E-state index contributed by atoms with van der Waals surface area (Å²) in [7, 11) is 1.55. The summed E-state index contributed by atoms with van der Waals surface area (Å²) in [6, 6.07) is 6.87. The van der Waals surface area contributed by atoms with Gasteiger partial charge >= 0.3 is 0 Å². The molecule has 0 amide bonds. The number of nitrogens with two attached hydrogens (primary N) is 1. The van der Waals surface area contributed by atoms with Crippen LogP contribution in [0.1, 0.15) is 15.9 Å². The molecule has 0 atom stereocenters. The number of benzene rings is 1. The van der Waals surface area contributed by atoms with E-state index in [0.29, 0.717) is 28.2 Å². The molecule has 106 valence electrons. The maximum Gasteiger partial charge on any atom is 0.197 e. The molecule has 0 unspecified atom stereocenters. The van der Waals surface area contributed by atoms with Crippen LogP contribution in [0.4, 0.5) is 5.69 Å². The van der Waals surface area contributed by atoms with Crippen molar-refractivity contribution in [2.24, 2.45) is 0 Å². The number of H-pyrrole nitrogens is 1. The number of rotatable bonds is 3. The monoisotopic (exact) mass is 345 g/mol. The molecule has 0 bridgehead atoms. The molecule has 21 heavy (non-hydrogen) atoms. The van der Waals surface area contributed by atoms with E-state index in [2.05, 4.69) is 25.9 Å². The lowest BCUT2D eigenvalue weighted by Crippen LogP contribution is -2.05. The van der Waals surface area contributed by atoms with Crippen LogP contribution in [0.25, 0.3) is 11.0 Å². The van der Waals surface area contributed by atoms with Gasteiger partial charge in [0.2, 0.25) is 0 Å². The van der Waals surface area contributed by atoms with Gasteiger partial charge in [0.05, 0.1) is 7.11 Å². The van der Waals surface area contributed by atoms with Gasteiger partial charge in [0.1, 0.15) is 11.4 Å². The molecule has 0 saturated carbocycles. The summed E-state index contributed by atoms with van der Waals surface area (Å²) < 4.78 is 5.96. The first-order chi connectivity index (χ1) is 10.1. The lowest BCUT2D eigenvalue weighted by molar-refractivity contribution is 0.104. The van der Waals surface area contributed by atoms with Gasteiger partial charge in [-0.3, -0.25) is 4.79 Å². The van der Waals surface area contributed by atoms with E-state index in [9.17, 15) is 4.79 Å². The number of aromatic amines is 1. The predicted molar refractivity (Wildman–Crippen MR) is 84.6 cm³/mol. The smallest absolute Gasteiger partial charge is 0.197 e. The second-order valence-electron chi connectivity index (χ2n) is 4.53. The average Bonchev–Trinajstić information content (AvgIpc) is 2.90. The van der Waals surface area contributed by atoms with E-state index in [-0.39, 0.29) is 5.78 Å². The standard InChI is InChI=1S/C15H12BrN3O2/c1-21-9-2-3-13(17)11(5-9)14(20)12-7-19-15-10(12)4-8(16)6-18-15/h2-7H,17H2,1H3,(H,18,19). The fraction of sp³-hybridized carbons (Fsp3) is 0.0667. The summed E-state index contributed by atoms with van der Waals surface area (Å²) in [5.41, 5.74) is 7.92. The number of ketones is 1. The number of halogens is 1. The van der Waals surface area contributed by atoms with Crippen molar-refractivity contribution in [3.63, 3.8) is 0 Å². The maximum atomic E-state index is 12.7. The molecule has 1 aromatic carbocycles. The molecule has 5 nitrogen and oxygen atoms in total. The number of nitrogens with zero attached hydrogens (tertiary/aromatic N) is 1. The SMILES string of the molecule is COc1ccc(N)c(C(=O)c2c[nH]c3ncc(Br)cc23)c1. The average molecular weight is 346 g/mol. The van der Waals surface area contributed by atoms with E-state index in [4.69, 9.17) is 10.5 Å². The second-order valence-corrected chi connectivity index (χ2v) is 5.45. The topological polar surface area (TPSA) is 81.0 Å². The van der Waals surface area contributed by atoms with E-state index in [1.165, 1.54) is 0 Å². The molecule has 0 spiro atoms. The van der Waals surface area contributed by atoms with Crippen molar-refractivity contribution in [1.29, 1.82) is 0 Å². The Labute approximate surface area is 129 Å². The number of carbonyl (C=O) groups excluding carboxylic acids is 1. The molecule has 3 N–H and O–H groups in total. The summed E-state index contributed by atoms with van der Waals surface area (Å²) in [6.07, 6.45) is 3.32. The van der Waals surface area contributed by atoms with Crippen molar-refractivity contribution in [3.8, 4) is 5.75 Å². The van der Waals surface area contributed by atoms with E-state index in [0.717, 1.165) is 9.86 Å². The highest BCUT2D eigenvalue weighted by Gasteiger charge is 2.18. The normalized spacial score (nSPS) is 10.8. The third-order valence-electron chi connectivity index (χ3n) is 3.25. The third-order valence-corrected chi connectivity index (χ3v) is 3.68. The molecular formula is C15H12BrN3O2. The summed E-state index contributed by atoms with van der Waals surface area (Å²) in [5, 5.41) is 0.747. The van der Waals surface area contributed by atoms with Crippen molar-refractivity contribution < 1.29 is 9.53 Å². The number of carbonyl (C=O) groups is 1. The van der Waals surface area contributed by atoms with E-state index in [1.807, 2.05) is 6.07 Å². The first kappa shape index (κ1) is 13.6. The first-order valence-corrected chi connectivity index (χ1v) is 7.00. The highest BCUT2D eigenvalue weighted by Crippen LogP contribution is 2.27. The minimum Gasteiger partial charge on any atom is -0.497 e. The molecule has 6 heteroatoms. The number of aromatic nitrogens is 2. The van der Waals surface area contributed by atoms with Crippen molar-refractivity contribution in [3.05, 3.63) is 52.3 Å². The Bertz CT molecular complexity index is 842. The Morgan fingerprint density at radius 3 is 2.90 bits per heavy atom. The number of methoxy groups -OCH3 is 1. The quantitative estimate of drug-likeness (QED) is 0.564. The number of hydrogen-bond acceptors (Lipinski definition) is 4. The number of fused-ring (bicyclic) bond motifs is 1. The highest BCUT2D eigenvalue weighted by atomic mass is 79.9. The first-order valence-electron chi connectivity index (χ1n) is 6.21. The Morgan fingerprint density at radius 1 is 1.33 bits per heavy atom. The molecule has 2 heterocycles. The van der Waals surface area contributed by atoms with Gasteiger partial charge in [-0.05, 0) is 40.2 Å². The molecule has 0 fully saturated rings. The minimum absolute atomic E-state index is 0.169. The fourth-order valence-corrected chi connectivity index (χ4v) is 2.50. The van der Waals surface area contributed by atoms with Gasteiger partial charge in [-0.1, -0.05) is 0 Å². The van der Waals surface area contributed by atoms with Gasteiger partial charge in [-0.2, -0.15) is 0 Å². The van der Waals surface area contributed by atoms with Gasteiger partial charge in [-0.25, -0.2) is 4.98 Å². The van der Waals surface area contributed by atoms with Gasteiger partial charge < -0.3 is 15.5 Å². The van der Waals surface area contributed by atoms with Crippen LogP contribution < -0.4 is 10.5 Å². The number of hydrogen-bond donors (Lipinski definition) is 2. The molecule has 0 aliphatic heterocycles. The van der Waals surface area contributed by atoms with Crippen LogP contribution in [0.2, 0.25) is 0 Å². The predicted octanol–water partition coefficient (Wildman–Crippen LogP) is 3.15. The zero-order chi connectivity index (χ0) is 15.0. The molecule has 3 rings (SSSR count). The minimum atomic E-state index is -0.169. The van der Waals surface area contributed by atoms with Gasteiger partial charge in [0, 0.05) is 39.1 Å². The number of ether oxygens (including phenoxy) is 1. The van der Waals surface area contributed by atoms with Crippen molar-refractivity contribution in [1.82, 2.24) is 9.97 Å². The fourth-order valence-electron chi connectivity index (χ4n) is 2.17. The van der Waals surface area contributed by atoms with Gasteiger partial charge in [-0.15, -0.1) is 0 Å². The molecule has 2 aromatic heterocycles. The maximum absolute atomic E-state index is 12.7. The molecule has 0 saturated heterocycles. The summed E-state index contributed by atoms with van der Waals surface area (Å²) in [5.74, 6) is 0.421. The van der Waals surface area contributed by atoms with Crippen molar-refractivity contribution in [2.45, 2.75) is 0 Å². The Balaban J connectivity index is 2.14. The van der Waals surface area contributed by atoms with E-state index >= 15 is 0 Å². The van der Waals surface area contributed by atoms with Crippen molar-refractivity contribution >= 4 is 38.4 Å². The lowest BCUT2D eigenvalue weighted by atomic mass is 10.0. The molecule has 3 aromatic rings. The second kappa shape index (κ2) is 5.21. The zero-order valence-corrected chi connectivity index (χ0v) is 12.8. The summed E-state index contributed by atoms with van der Waals surface area (Å²) in [4.78, 5) is 19.9. The number of anilines is 1. The van der Waals surface area contributed by atoms with Crippen LogP contribution in [0.3, 0.4) is 0 Å². The Hall–Kier alpha value is -2.34. The van der Waals surface area contributed by atoms with Crippen molar-refractivity contribution in [2.75, 3.05) is 12.8 Å². The molecule has 0 radical (unpaired) electrons. The number of pyridine rings is 1. The summed E-state index contributed by atoms with van der Waals surface area (Å²) in [6.45, 7) is 0. The van der Waals surface area contributed by atoms with Gasteiger partial charge in [0.15, 0.2) is 5.78 Å². The highest BCUT2D eigenvalue weighted by molar-refractivity contribution is 9.10. The van der Waals surface area contributed by atoms with Crippen LogP contribution in [-0.4, -0.2) is 22.9 Å². The largest absolute Gasteiger partial charge is 0.497 e. The summed E-state index contributed by atoms with van der Waals surface area (Å²) >= 11 is 3.36. The van der Waals surface area contributed by atoms with Crippen LogP contribution in [0.15, 0.2) is 41.1 Å². The van der Waals surface area contributed by atoms with Gasteiger partial charge in [0.25, 0.3) is 0 Å².